The molecule has 2 atom stereocenters. The summed E-state index contributed by atoms with van der Waals surface area (Å²) in [6.45, 7) is 4.44. The van der Waals surface area contributed by atoms with Crippen LogP contribution in [0.25, 0.3) is 0 Å². The molecule has 0 bridgehead atoms. The topological polar surface area (TPSA) is 77.8 Å². The minimum atomic E-state index is -3.91. The van der Waals surface area contributed by atoms with E-state index in [9.17, 15) is 19.7 Å². The highest BCUT2D eigenvalue weighted by atomic mass is 31.2. The van der Waals surface area contributed by atoms with Crippen molar-refractivity contribution in [1.82, 2.24) is 0 Å². The van der Waals surface area contributed by atoms with Gasteiger partial charge in [-0.2, -0.15) is 0 Å². The predicted molar refractivity (Wildman–Crippen MR) is 126 cm³/mol. The lowest BCUT2D eigenvalue weighted by atomic mass is 10.1. The molecule has 0 saturated carbocycles. The molecule has 0 amide bonds. The summed E-state index contributed by atoms with van der Waals surface area (Å²) in [5.74, 6) is -2.55. The van der Waals surface area contributed by atoms with Gasteiger partial charge in [-0.3, -0.25) is 4.57 Å². The molecule has 3 N–H and O–H groups in total. The number of hydrogen-bond donors (Lipinski definition) is 3. The second kappa shape index (κ2) is 20.0. The Bertz CT molecular complexity index is 357. The van der Waals surface area contributed by atoms with Gasteiger partial charge in [-0.25, -0.2) is 0 Å². The van der Waals surface area contributed by atoms with E-state index < -0.39 is 19.1 Å². The number of unbranched alkanes of at least 4 members (excludes halogenated alkanes) is 16. The molecule has 2 unspecified atom stereocenters. The summed E-state index contributed by atoms with van der Waals surface area (Å²) in [7, 11) is -3.91. The molecule has 0 fully saturated rings. The van der Waals surface area contributed by atoms with Crippen LogP contribution in [0.5, 0.6) is 0 Å². The van der Waals surface area contributed by atoms with E-state index >= 15 is 0 Å². The minimum absolute atomic E-state index is 0.318. The van der Waals surface area contributed by atoms with Crippen molar-refractivity contribution in [2.24, 2.45) is 0 Å². The maximum Gasteiger partial charge on any atom is 0.255 e. The molecule has 0 radical (unpaired) electrons. The van der Waals surface area contributed by atoms with E-state index in [1.165, 1.54) is 77.0 Å². The maximum absolute atomic E-state index is 12.4. The molecule has 29 heavy (non-hydrogen) atoms. The number of aliphatic hydroxyl groups excluding tert-OH is 2. The van der Waals surface area contributed by atoms with Crippen molar-refractivity contribution in [3.63, 3.8) is 0 Å². The molecule has 0 saturated heterocycles. The first kappa shape index (κ1) is 29.1. The van der Waals surface area contributed by atoms with Crippen molar-refractivity contribution < 1.29 is 19.7 Å². The zero-order chi connectivity index (χ0) is 21.8. The van der Waals surface area contributed by atoms with E-state index in [2.05, 4.69) is 13.8 Å². The van der Waals surface area contributed by atoms with Crippen molar-refractivity contribution in [3.8, 4) is 0 Å². The van der Waals surface area contributed by atoms with Gasteiger partial charge in [-0.05, 0) is 12.8 Å². The molecule has 5 heteroatoms. The highest BCUT2D eigenvalue weighted by Gasteiger charge is 2.36. The lowest BCUT2D eigenvalue weighted by Gasteiger charge is -2.23. The first-order valence-corrected chi connectivity index (χ1v) is 14.4. The van der Waals surface area contributed by atoms with Crippen LogP contribution in [0, 0.1) is 0 Å². The smallest absolute Gasteiger partial charge is 0.255 e. The van der Waals surface area contributed by atoms with Crippen LogP contribution >= 0.6 is 7.37 Å². The third-order valence-corrected chi connectivity index (χ3v) is 8.21. The predicted octanol–water partition coefficient (Wildman–Crippen LogP) is 7.74. The molecule has 0 aliphatic heterocycles. The van der Waals surface area contributed by atoms with Gasteiger partial charge in [-0.15, -0.1) is 0 Å². The van der Waals surface area contributed by atoms with E-state index in [1.807, 2.05) is 0 Å². The van der Waals surface area contributed by atoms with Crippen LogP contribution in [0.2, 0.25) is 0 Å². The largest absolute Gasteiger partial charge is 0.383 e. The zero-order valence-electron chi connectivity index (χ0n) is 19.5. The molecule has 0 aromatic heterocycles. The molecule has 0 aromatic carbocycles. The van der Waals surface area contributed by atoms with Crippen LogP contribution < -0.4 is 0 Å². The van der Waals surface area contributed by atoms with Gasteiger partial charge < -0.3 is 15.1 Å². The number of rotatable bonds is 22. The van der Waals surface area contributed by atoms with Crippen molar-refractivity contribution in [2.75, 3.05) is 0 Å². The van der Waals surface area contributed by atoms with Gasteiger partial charge in [0, 0.05) is 0 Å². The summed E-state index contributed by atoms with van der Waals surface area (Å²) in [4.78, 5) is 10.2. The Kier molecular flexibility index (Phi) is 20.1. The van der Waals surface area contributed by atoms with Crippen molar-refractivity contribution in [3.05, 3.63) is 0 Å². The van der Waals surface area contributed by atoms with Crippen LogP contribution in [0.1, 0.15) is 142 Å². The summed E-state index contributed by atoms with van der Waals surface area (Å²) in [5, 5.41) is 20.2. The fraction of sp³-hybridized carbons (Fsp3) is 1.00. The highest BCUT2D eigenvalue weighted by molar-refractivity contribution is 7.59. The van der Waals surface area contributed by atoms with E-state index in [-0.39, 0.29) is 0 Å². The molecular weight excluding hydrogens is 383 g/mol. The Morgan fingerprint density at radius 1 is 0.517 bits per heavy atom. The van der Waals surface area contributed by atoms with E-state index in [0.717, 1.165) is 38.5 Å². The summed E-state index contributed by atoms with van der Waals surface area (Å²) < 4.78 is 12.4. The highest BCUT2D eigenvalue weighted by Crippen LogP contribution is 2.52. The Morgan fingerprint density at radius 2 is 0.759 bits per heavy atom. The molecule has 0 aromatic rings. The molecule has 0 aliphatic rings. The molecule has 0 rings (SSSR count). The van der Waals surface area contributed by atoms with Crippen LogP contribution in [0.4, 0.5) is 0 Å². The minimum Gasteiger partial charge on any atom is -0.383 e. The van der Waals surface area contributed by atoms with Crippen molar-refractivity contribution in [1.29, 1.82) is 0 Å². The van der Waals surface area contributed by atoms with Crippen molar-refractivity contribution in [2.45, 2.75) is 154 Å². The van der Waals surface area contributed by atoms with E-state index in [0.29, 0.717) is 12.8 Å². The second-order valence-corrected chi connectivity index (χ2v) is 11.4. The van der Waals surface area contributed by atoms with Crippen LogP contribution in [-0.2, 0) is 4.57 Å². The third-order valence-electron chi connectivity index (χ3n) is 5.99. The summed E-state index contributed by atoms with van der Waals surface area (Å²) in [6, 6.07) is 0. The average molecular weight is 435 g/mol. The maximum atomic E-state index is 12.4. The average Bonchev–Trinajstić information content (AvgIpc) is 2.70. The summed E-state index contributed by atoms with van der Waals surface area (Å²) >= 11 is 0. The van der Waals surface area contributed by atoms with Gasteiger partial charge in [0.2, 0.25) is 0 Å². The lowest BCUT2D eigenvalue weighted by Crippen LogP contribution is -2.18. The molecule has 0 aliphatic carbocycles. The van der Waals surface area contributed by atoms with Crippen LogP contribution in [0.3, 0.4) is 0 Å². The summed E-state index contributed by atoms with van der Waals surface area (Å²) in [6.07, 6.45) is 21.7. The Labute approximate surface area is 181 Å². The molecule has 0 heterocycles. The van der Waals surface area contributed by atoms with Gasteiger partial charge in [0.05, 0.1) is 0 Å². The normalized spacial score (nSPS) is 15.9. The second-order valence-electron chi connectivity index (χ2n) is 8.87. The van der Waals surface area contributed by atoms with Gasteiger partial charge in [-0.1, -0.05) is 129 Å². The zero-order valence-corrected chi connectivity index (χ0v) is 20.4. The van der Waals surface area contributed by atoms with E-state index in [1.54, 1.807) is 0 Å². The molecule has 4 nitrogen and oxygen atoms in total. The number of hydrogen-bond acceptors (Lipinski definition) is 3. The molecule has 0 spiro atoms. The van der Waals surface area contributed by atoms with Gasteiger partial charge in [0.1, 0.15) is 11.7 Å². The van der Waals surface area contributed by atoms with E-state index in [4.69, 9.17) is 0 Å². The number of aliphatic hydroxyl groups is 2. The third kappa shape index (κ3) is 16.5. The van der Waals surface area contributed by atoms with Crippen LogP contribution in [0.15, 0.2) is 0 Å². The lowest BCUT2D eigenvalue weighted by molar-refractivity contribution is 0.169. The van der Waals surface area contributed by atoms with Gasteiger partial charge >= 0.3 is 0 Å². The SMILES string of the molecule is CCCCCCCCCCCC(O)P(=O)(O)C(O)CCCCCCCCCCC. The van der Waals surface area contributed by atoms with Crippen molar-refractivity contribution >= 4 is 7.37 Å². The van der Waals surface area contributed by atoms with Gasteiger partial charge in [0.25, 0.3) is 7.37 Å². The quantitative estimate of drug-likeness (QED) is 0.120. The fourth-order valence-electron chi connectivity index (χ4n) is 3.84. The summed E-state index contributed by atoms with van der Waals surface area (Å²) in [5.41, 5.74) is 0. The Hall–Kier alpha value is 0.110. The molecule has 176 valence electrons. The van der Waals surface area contributed by atoms with Gasteiger partial charge in [0.15, 0.2) is 0 Å². The Balaban J connectivity index is 3.71. The first-order valence-electron chi connectivity index (χ1n) is 12.6. The standard InChI is InChI=1S/C24H51O4P/c1-3-5-7-9-11-13-15-17-19-21-23(25)29(27,28)24(26)22-20-18-16-14-12-10-8-6-4-2/h23-26H,3-22H2,1-2H3,(H,27,28). The Morgan fingerprint density at radius 3 is 1.03 bits per heavy atom. The first-order chi connectivity index (χ1) is 14.0. The monoisotopic (exact) mass is 434 g/mol. The molecular formula is C24H51O4P. The van der Waals surface area contributed by atoms with Crippen LogP contribution in [-0.4, -0.2) is 26.8 Å². The fourth-order valence-corrected chi connectivity index (χ4v) is 5.35.